The maximum Gasteiger partial charge on any atom is 0.0719 e. The third-order valence-electron chi connectivity index (χ3n) is 8.99. The summed E-state index contributed by atoms with van der Waals surface area (Å²) in [5.41, 5.74) is 5.31. The van der Waals surface area contributed by atoms with Crippen molar-refractivity contribution >= 4 is 31.5 Å². The first kappa shape index (κ1) is 28.6. The topological polar surface area (TPSA) is 38.7 Å². The van der Waals surface area contributed by atoms with Crippen LogP contribution in [-0.4, -0.2) is 15.0 Å². The third-order valence-corrected chi connectivity index (χ3v) is 10.3. The zero-order valence-corrected chi connectivity index (χ0v) is 35.3. The van der Waals surface area contributed by atoms with Gasteiger partial charge < -0.3 is 9.97 Å². The molecule has 0 saturated carbocycles. The second-order valence-electron chi connectivity index (χ2n) is 15.5. The minimum atomic E-state index is -2.65. The molecule has 0 spiro atoms. The van der Waals surface area contributed by atoms with Crippen molar-refractivity contribution < 1.29 is 35.2 Å². The molecule has 0 aliphatic rings. The molecule has 8 aromatic rings. The Labute approximate surface area is 366 Å². The van der Waals surface area contributed by atoms with Crippen molar-refractivity contribution in [2.45, 2.75) is 73.9 Å². The summed E-state index contributed by atoms with van der Waals surface area (Å²) in [6.45, 7) is 4.34. The van der Waals surface area contributed by atoms with Crippen LogP contribution in [-0.2, 0) is 31.9 Å². The molecule has 4 aromatic heterocycles. The molecular weight excluding hydrogens is 879 g/mol. The van der Waals surface area contributed by atoms with Crippen LogP contribution < -0.4 is 0 Å². The van der Waals surface area contributed by atoms with E-state index in [1.165, 1.54) is 24.5 Å². The first-order chi connectivity index (χ1) is 30.7. The van der Waals surface area contributed by atoms with Crippen LogP contribution in [0.25, 0.3) is 65.1 Å². The maximum absolute atomic E-state index is 8.79. The fourth-order valence-electron chi connectivity index (χ4n) is 6.37. The molecule has 4 heterocycles. The second kappa shape index (κ2) is 16.7. The molecule has 0 bridgehead atoms. The van der Waals surface area contributed by atoms with Gasteiger partial charge >= 0.3 is 0 Å². The van der Waals surface area contributed by atoms with E-state index in [-0.39, 0.29) is 58.9 Å². The van der Waals surface area contributed by atoms with Gasteiger partial charge in [0.15, 0.2) is 0 Å². The molecule has 0 aliphatic heterocycles. The van der Waals surface area contributed by atoms with Gasteiger partial charge in [-0.15, -0.1) is 59.7 Å². The van der Waals surface area contributed by atoms with Crippen molar-refractivity contribution in [2.75, 3.05) is 0 Å². The normalized spacial score (nSPS) is 15.4. The van der Waals surface area contributed by atoms with Gasteiger partial charge in [-0.3, -0.25) is 4.98 Å². The molecule has 0 N–H and O–H groups in total. The number of rotatable bonds is 5. The quantitative estimate of drug-likeness (QED) is 0.161. The SMILES string of the molecule is [2H]C([2H])([2H])c1ccc(-c2[c-]cccc2)nc1.[2H]C([2H])([2H])c1cnc(-c2[c-]ccc3c2sc2c(-c4cccc(C(C)(C)C)n4)cccc23)cc1-c1ccc(C([2H])([2H])C(C)(C)C)cc1C([2H])([2H])[2H].[Ir]. The standard InChI is InChI=1S/C39H39N2S.C12H10N.Ir/c1-24-20-26(22-38(3,4)5)18-19-27(24)32-21-34(40-23-25(32)2)31-15-10-13-29-28-12-9-14-30(36(28)42-37(29)31)33-16-11-17-35(41-33)39(6,7)8;1-10-7-8-12(13-9-10)11-5-3-2-4-6-11;/h9-14,16-21,23H,22H2,1-8H3;2-5,7-9H,1H3;/q2*-1;/i1D3,2D3,22D2;1D3;. The van der Waals surface area contributed by atoms with E-state index in [1.54, 1.807) is 62.4 Å². The average Bonchev–Trinajstić information content (AvgIpc) is 3.64. The Kier molecular flexibility index (Phi) is 8.54. The van der Waals surface area contributed by atoms with Gasteiger partial charge in [0, 0.05) is 68.9 Å². The molecule has 5 heteroatoms. The van der Waals surface area contributed by atoms with Gasteiger partial charge in [0.05, 0.1) is 5.69 Å². The Balaban J connectivity index is 0.000000367. The number of benzene rings is 4. The fraction of sp³-hybridized carbons (Fsp3) is 0.235. The number of thiophene rings is 1. The molecule has 56 heavy (non-hydrogen) atoms. The second-order valence-corrected chi connectivity index (χ2v) is 16.5. The average molecular weight is 939 g/mol. The van der Waals surface area contributed by atoms with Crippen LogP contribution in [0, 0.1) is 38.1 Å². The van der Waals surface area contributed by atoms with E-state index < -0.39 is 32.3 Å². The van der Waals surface area contributed by atoms with Crippen molar-refractivity contribution in [2.24, 2.45) is 5.41 Å². The van der Waals surface area contributed by atoms with Crippen LogP contribution >= 0.6 is 11.3 Å². The number of pyridine rings is 3. The Morgan fingerprint density at radius 3 is 2.16 bits per heavy atom. The van der Waals surface area contributed by atoms with Gasteiger partial charge in [-0.2, -0.15) is 11.3 Å². The van der Waals surface area contributed by atoms with Gasteiger partial charge in [-0.1, -0.05) is 108 Å². The van der Waals surface area contributed by atoms with E-state index in [1.807, 2.05) is 54.6 Å². The third kappa shape index (κ3) is 9.08. The predicted molar refractivity (Wildman–Crippen MR) is 235 cm³/mol. The minimum Gasteiger partial charge on any atom is -0.304 e. The Bertz CT molecular complexity index is 3040. The van der Waals surface area contributed by atoms with Gasteiger partial charge in [0.2, 0.25) is 0 Å². The summed E-state index contributed by atoms with van der Waals surface area (Å²) in [5.74, 6) is 0. The van der Waals surface area contributed by atoms with Crippen LogP contribution in [0.1, 0.15) is 84.6 Å². The number of aryl methyl sites for hydroxylation is 3. The molecule has 8 rings (SSSR count). The summed E-state index contributed by atoms with van der Waals surface area (Å²) in [4.78, 5) is 13.8. The maximum atomic E-state index is 8.79. The van der Waals surface area contributed by atoms with Crippen LogP contribution in [0.4, 0.5) is 0 Å². The number of fused-ring (bicyclic) bond motifs is 3. The monoisotopic (exact) mass is 939 g/mol. The first-order valence-electron chi connectivity index (χ1n) is 23.6. The molecule has 0 amide bonds. The zero-order chi connectivity index (χ0) is 48.2. The fourth-order valence-corrected chi connectivity index (χ4v) is 7.70. The van der Waals surface area contributed by atoms with Crippen molar-refractivity contribution in [1.29, 1.82) is 0 Å². The van der Waals surface area contributed by atoms with Gasteiger partial charge in [-0.25, -0.2) is 0 Å². The summed E-state index contributed by atoms with van der Waals surface area (Å²) >= 11 is 1.59. The Hall–Kier alpha value is -4.80. The largest absolute Gasteiger partial charge is 0.304 e. The molecule has 0 fully saturated rings. The smallest absolute Gasteiger partial charge is 0.0719 e. The number of nitrogens with zero attached hydrogens (tertiary/aromatic N) is 3. The predicted octanol–water partition coefficient (Wildman–Crippen LogP) is 14.0. The summed E-state index contributed by atoms with van der Waals surface area (Å²) < 4.78 is 91.5. The van der Waals surface area contributed by atoms with Crippen LogP contribution in [0.5, 0.6) is 0 Å². The molecule has 0 unspecified atom stereocenters. The molecule has 285 valence electrons. The van der Waals surface area contributed by atoms with Crippen molar-refractivity contribution in [3.8, 4) is 44.9 Å². The Morgan fingerprint density at radius 1 is 0.643 bits per heavy atom. The molecule has 0 atom stereocenters. The van der Waals surface area contributed by atoms with Crippen LogP contribution in [0.3, 0.4) is 0 Å². The van der Waals surface area contributed by atoms with Gasteiger partial charge in [0.25, 0.3) is 0 Å². The van der Waals surface area contributed by atoms with Gasteiger partial charge in [0.1, 0.15) is 0 Å². The Morgan fingerprint density at radius 2 is 1.45 bits per heavy atom. The number of aromatic nitrogens is 3. The van der Waals surface area contributed by atoms with E-state index in [0.29, 0.717) is 11.3 Å². The summed E-state index contributed by atoms with van der Waals surface area (Å²) in [6, 6.07) is 39.3. The minimum absolute atomic E-state index is 0. The zero-order valence-electron chi connectivity index (χ0n) is 43.1. The molecule has 0 aliphatic carbocycles. The molecule has 0 saturated heterocycles. The van der Waals surface area contributed by atoms with E-state index in [4.69, 9.17) is 20.1 Å². The molecule has 1 radical (unpaired) electrons. The van der Waals surface area contributed by atoms with E-state index in [2.05, 4.69) is 55.0 Å². The summed E-state index contributed by atoms with van der Waals surface area (Å²) in [7, 11) is 0. The van der Waals surface area contributed by atoms with Crippen LogP contribution in [0.15, 0.2) is 122 Å². The number of hydrogen-bond donors (Lipinski definition) is 0. The first-order valence-corrected chi connectivity index (χ1v) is 18.9. The van der Waals surface area contributed by atoms with Crippen molar-refractivity contribution in [3.63, 3.8) is 0 Å². The molecular formula is C51H49IrN3S-2. The number of hydrogen-bond acceptors (Lipinski definition) is 4. The van der Waals surface area contributed by atoms with Crippen LogP contribution in [0.2, 0.25) is 0 Å². The van der Waals surface area contributed by atoms with Gasteiger partial charge in [-0.05, 0) is 99.3 Å². The summed E-state index contributed by atoms with van der Waals surface area (Å²) in [5, 5.41) is 2.04. The van der Waals surface area contributed by atoms with Crippen molar-refractivity contribution in [1.82, 2.24) is 15.0 Å². The van der Waals surface area contributed by atoms with Crippen molar-refractivity contribution in [3.05, 3.63) is 162 Å². The molecule has 4 aromatic carbocycles. The molecule has 3 nitrogen and oxygen atoms in total. The van der Waals surface area contributed by atoms with E-state index >= 15 is 0 Å². The van der Waals surface area contributed by atoms with E-state index in [0.717, 1.165) is 48.4 Å². The van der Waals surface area contributed by atoms with E-state index in [9.17, 15) is 0 Å². The summed E-state index contributed by atoms with van der Waals surface area (Å²) in [6.07, 6.45) is 0.843.